The number of piperidine rings is 1. The molecule has 0 saturated carbocycles. The van der Waals surface area contributed by atoms with Crippen LogP contribution < -0.4 is 5.32 Å². The Kier molecular flexibility index (Phi) is 4.20. The van der Waals surface area contributed by atoms with E-state index in [-0.39, 0.29) is 5.56 Å². The van der Waals surface area contributed by atoms with E-state index in [1.807, 2.05) is 0 Å². The van der Waals surface area contributed by atoms with E-state index in [4.69, 9.17) is 0 Å². The third-order valence-electron chi connectivity index (χ3n) is 4.46. The summed E-state index contributed by atoms with van der Waals surface area (Å²) < 4.78 is 39.8. The molecule has 1 N–H and O–H groups in total. The molecule has 2 heterocycles. The van der Waals surface area contributed by atoms with Gasteiger partial charge in [0.2, 0.25) is 0 Å². The summed E-state index contributed by atoms with van der Waals surface area (Å²) in [5, 5.41) is 3.38. The van der Waals surface area contributed by atoms with Crippen molar-refractivity contribution in [3.05, 3.63) is 33.8 Å². The molecule has 2 unspecified atom stereocenters. The van der Waals surface area contributed by atoms with Gasteiger partial charge in [0.15, 0.2) is 0 Å². The molecule has 0 radical (unpaired) electrons. The van der Waals surface area contributed by atoms with Gasteiger partial charge in [-0.2, -0.15) is 13.2 Å². The van der Waals surface area contributed by atoms with E-state index in [0.717, 1.165) is 25.5 Å². The second kappa shape index (κ2) is 5.85. The van der Waals surface area contributed by atoms with Gasteiger partial charge in [-0.25, -0.2) is 0 Å². The average molecular weight is 377 g/mol. The smallest absolute Gasteiger partial charge is 0.338 e. The highest BCUT2D eigenvalue weighted by Gasteiger charge is 2.39. The van der Waals surface area contributed by atoms with Crippen molar-refractivity contribution in [1.82, 2.24) is 10.2 Å². The van der Waals surface area contributed by atoms with E-state index in [1.165, 1.54) is 12.1 Å². The van der Waals surface area contributed by atoms with E-state index in [1.54, 1.807) is 4.90 Å². The van der Waals surface area contributed by atoms with Gasteiger partial charge < -0.3 is 10.2 Å². The van der Waals surface area contributed by atoms with Crippen LogP contribution in [0.25, 0.3) is 0 Å². The van der Waals surface area contributed by atoms with Crippen molar-refractivity contribution in [3.63, 3.8) is 0 Å². The molecule has 2 saturated heterocycles. The van der Waals surface area contributed by atoms with Gasteiger partial charge >= 0.3 is 6.18 Å². The van der Waals surface area contributed by atoms with Gasteiger partial charge in [-0.15, -0.1) is 0 Å². The molecule has 0 spiro atoms. The minimum Gasteiger partial charge on any atom is -0.338 e. The van der Waals surface area contributed by atoms with Crippen LogP contribution in [0, 0.1) is 5.92 Å². The minimum atomic E-state index is -4.54. The first-order valence-electron chi connectivity index (χ1n) is 7.25. The number of hydrogen-bond donors (Lipinski definition) is 1. The molecule has 22 heavy (non-hydrogen) atoms. The van der Waals surface area contributed by atoms with Crippen molar-refractivity contribution in [2.75, 3.05) is 19.6 Å². The van der Waals surface area contributed by atoms with Crippen LogP contribution in [-0.4, -0.2) is 36.5 Å². The third kappa shape index (κ3) is 3.01. The van der Waals surface area contributed by atoms with Crippen molar-refractivity contribution < 1.29 is 18.0 Å². The Hall–Kier alpha value is -1.08. The predicted octanol–water partition coefficient (Wildman–Crippen LogP) is 3.29. The maximum atomic E-state index is 13.2. The second-order valence-electron chi connectivity index (χ2n) is 5.84. The molecule has 3 rings (SSSR count). The monoisotopic (exact) mass is 376 g/mol. The molecule has 2 aliphatic rings. The highest BCUT2D eigenvalue weighted by Crippen LogP contribution is 2.35. The van der Waals surface area contributed by atoms with Crippen molar-refractivity contribution >= 4 is 21.8 Å². The molecule has 1 amide bonds. The lowest BCUT2D eigenvalue weighted by Crippen LogP contribution is -2.47. The molecule has 7 heteroatoms. The van der Waals surface area contributed by atoms with Crippen molar-refractivity contribution in [3.8, 4) is 0 Å². The Morgan fingerprint density at radius 1 is 1.32 bits per heavy atom. The van der Waals surface area contributed by atoms with Crippen LogP contribution in [0.15, 0.2) is 22.7 Å². The molecule has 1 aromatic carbocycles. The number of hydrogen-bond acceptors (Lipinski definition) is 2. The van der Waals surface area contributed by atoms with Crippen LogP contribution >= 0.6 is 15.9 Å². The number of nitrogens with zero attached hydrogens (tertiary/aromatic N) is 1. The number of rotatable bonds is 1. The molecular formula is C15H16BrF3N2O. The van der Waals surface area contributed by atoms with Gasteiger partial charge in [-0.3, -0.25) is 4.79 Å². The number of likely N-dealkylation sites (tertiary alicyclic amines) is 1. The Bertz CT molecular complexity index is 591. The van der Waals surface area contributed by atoms with Crippen LogP contribution in [-0.2, 0) is 6.18 Å². The van der Waals surface area contributed by atoms with Crippen LogP contribution in [0.3, 0.4) is 0 Å². The molecule has 120 valence electrons. The third-order valence-corrected chi connectivity index (χ3v) is 4.95. The quantitative estimate of drug-likeness (QED) is 0.815. The van der Waals surface area contributed by atoms with Gasteiger partial charge in [-0.1, -0.05) is 15.9 Å². The standard InChI is InChI=1S/C15H16BrF3N2O/c16-10-1-2-11(12(7-10)15(17,18)19)14(22)21-6-4-13-9(8-21)3-5-20-13/h1-2,7,9,13,20H,3-6,8H2. The summed E-state index contributed by atoms with van der Waals surface area (Å²) in [5.41, 5.74) is -1.14. The zero-order valence-corrected chi connectivity index (χ0v) is 13.4. The lowest BCUT2D eigenvalue weighted by atomic mass is 9.92. The number of carbonyl (C=O) groups excluding carboxylic acids is 1. The summed E-state index contributed by atoms with van der Waals surface area (Å²) in [6, 6.07) is 4.11. The van der Waals surface area contributed by atoms with Gasteiger partial charge in [-0.05, 0) is 43.5 Å². The predicted molar refractivity (Wildman–Crippen MR) is 79.6 cm³/mol. The molecule has 1 aromatic rings. The molecule has 0 bridgehead atoms. The summed E-state index contributed by atoms with van der Waals surface area (Å²) >= 11 is 3.04. The number of alkyl halides is 3. The second-order valence-corrected chi connectivity index (χ2v) is 6.75. The van der Waals surface area contributed by atoms with E-state index in [9.17, 15) is 18.0 Å². The number of carbonyl (C=O) groups is 1. The van der Waals surface area contributed by atoms with Gasteiger partial charge in [0.05, 0.1) is 11.1 Å². The Balaban J connectivity index is 1.86. The largest absolute Gasteiger partial charge is 0.417 e. The average Bonchev–Trinajstić information content (AvgIpc) is 2.93. The van der Waals surface area contributed by atoms with Crippen molar-refractivity contribution in [1.29, 1.82) is 0 Å². The zero-order valence-electron chi connectivity index (χ0n) is 11.8. The highest BCUT2D eigenvalue weighted by molar-refractivity contribution is 9.10. The summed E-state index contributed by atoms with van der Waals surface area (Å²) in [6.45, 7) is 1.95. The van der Waals surface area contributed by atoms with E-state index in [0.29, 0.717) is 29.5 Å². The molecule has 2 aliphatic heterocycles. The van der Waals surface area contributed by atoms with Gasteiger partial charge in [0, 0.05) is 23.6 Å². The molecular weight excluding hydrogens is 361 g/mol. The summed E-state index contributed by atoms with van der Waals surface area (Å²) in [4.78, 5) is 14.1. The Morgan fingerprint density at radius 3 is 2.82 bits per heavy atom. The number of fused-ring (bicyclic) bond motifs is 1. The summed E-state index contributed by atoms with van der Waals surface area (Å²) in [5.74, 6) is -0.173. The van der Waals surface area contributed by atoms with Gasteiger partial charge in [0.1, 0.15) is 0 Å². The van der Waals surface area contributed by atoms with Crippen molar-refractivity contribution in [2.45, 2.75) is 25.1 Å². The Labute approximate surface area is 135 Å². The van der Waals surface area contributed by atoms with Crippen LogP contribution in [0.1, 0.15) is 28.8 Å². The Morgan fingerprint density at radius 2 is 2.09 bits per heavy atom. The normalized spacial score (nSPS) is 25.2. The van der Waals surface area contributed by atoms with Crippen LogP contribution in [0.5, 0.6) is 0 Å². The highest BCUT2D eigenvalue weighted by atomic mass is 79.9. The molecule has 0 aliphatic carbocycles. The lowest BCUT2D eigenvalue weighted by molar-refractivity contribution is -0.138. The number of nitrogens with one attached hydrogen (secondary N) is 1. The minimum absolute atomic E-state index is 0.264. The van der Waals surface area contributed by atoms with Crippen LogP contribution in [0.4, 0.5) is 13.2 Å². The molecule has 2 atom stereocenters. The number of benzene rings is 1. The fourth-order valence-corrected chi connectivity index (χ4v) is 3.70. The van der Waals surface area contributed by atoms with E-state index < -0.39 is 17.6 Å². The number of amides is 1. The zero-order chi connectivity index (χ0) is 15.9. The van der Waals surface area contributed by atoms with Crippen molar-refractivity contribution in [2.24, 2.45) is 5.92 Å². The fraction of sp³-hybridized carbons (Fsp3) is 0.533. The van der Waals surface area contributed by atoms with Gasteiger partial charge in [0.25, 0.3) is 5.91 Å². The summed E-state index contributed by atoms with van der Waals surface area (Å²) in [6.07, 6.45) is -2.77. The first-order chi connectivity index (χ1) is 10.4. The maximum absolute atomic E-state index is 13.2. The lowest BCUT2D eigenvalue weighted by Gasteiger charge is -2.35. The SMILES string of the molecule is O=C(c1ccc(Br)cc1C(F)(F)F)N1CCC2NCCC2C1. The fourth-order valence-electron chi connectivity index (χ4n) is 3.34. The van der Waals surface area contributed by atoms with E-state index in [2.05, 4.69) is 21.2 Å². The van der Waals surface area contributed by atoms with Crippen LogP contribution in [0.2, 0.25) is 0 Å². The first kappa shape index (κ1) is 15.8. The topological polar surface area (TPSA) is 32.3 Å². The molecule has 2 fully saturated rings. The summed E-state index contributed by atoms with van der Waals surface area (Å²) in [7, 11) is 0. The molecule has 0 aromatic heterocycles. The van der Waals surface area contributed by atoms with E-state index >= 15 is 0 Å². The first-order valence-corrected chi connectivity index (χ1v) is 8.05. The maximum Gasteiger partial charge on any atom is 0.417 e. The molecule has 3 nitrogen and oxygen atoms in total. The number of halogens is 4.